The molecule has 1 aromatic heterocycles. The van der Waals surface area contributed by atoms with Crippen LogP contribution < -0.4 is 10.2 Å². The van der Waals surface area contributed by atoms with Crippen molar-refractivity contribution in [1.29, 1.82) is 0 Å². The van der Waals surface area contributed by atoms with Gasteiger partial charge < -0.3 is 9.72 Å². The molecule has 2 heterocycles. The second-order valence-corrected chi connectivity index (χ2v) is 7.24. The lowest BCUT2D eigenvalue weighted by molar-refractivity contribution is -0.141. The molecule has 0 spiro atoms. The number of ether oxygens (including phenoxy) is 1. The maximum absolute atomic E-state index is 14.9. The van der Waals surface area contributed by atoms with E-state index in [0.717, 1.165) is 17.0 Å². The van der Waals surface area contributed by atoms with E-state index in [1.165, 1.54) is 20.4 Å². The fourth-order valence-corrected chi connectivity index (χ4v) is 3.62. The quantitative estimate of drug-likeness (QED) is 0.595. The maximum atomic E-state index is 14.9. The summed E-state index contributed by atoms with van der Waals surface area (Å²) in [5.74, 6) is -2.70. The number of aromatic nitrogens is 2. The fraction of sp³-hybridized carbons (Fsp3) is 0.200. The topological polar surface area (TPSA) is 99.7 Å². The highest BCUT2D eigenvalue weighted by atomic mass is 35.5. The van der Waals surface area contributed by atoms with Crippen molar-refractivity contribution in [3.05, 3.63) is 58.9 Å². The molecule has 2 amide bonds. The van der Waals surface area contributed by atoms with Crippen LogP contribution in [0.4, 0.5) is 19.3 Å². The zero-order chi connectivity index (χ0) is 22.3. The lowest BCUT2D eigenvalue weighted by atomic mass is 10.0. The van der Waals surface area contributed by atoms with E-state index in [2.05, 4.69) is 25.0 Å². The van der Waals surface area contributed by atoms with Crippen molar-refractivity contribution < 1.29 is 23.1 Å². The maximum Gasteiger partial charge on any atom is 0.330 e. The Balaban J connectivity index is 1.89. The minimum absolute atomic E-state index is 0.104. The Morgan fingerprint density at radius 3 is 2.68 bits per heavy atom. The van der Waals surface area contributed by atoms with Gasteiger partial charge in [-0.1, -0.05) is 11.6 Å². The molecule has 1 aliphatic rings. The zero-order valence-electron chi connectivity index (χ0n) is 16.3. The second-order valence-electron chi connectivity index (χ2n) is 6.80. The van der Waals surface area contributed by atoms with Crippen LogP contribution in [0.3, 0.4) is 0 Å². The van der Waals surface area contributed by atoms with Gasteiger partial charge in [0.25, 0.3) is 0 Å². The Morgan fingerprint density at radius 1 is 1.29 bits per heavy atom. The molecule has 0 radical (unpaired) electrons. The lowest BCUT2D eigenvalue weighted by Crippen LogP contribution is -2.30. The van der Waals surface area contributed by atoms with Gasteiger partial charge in [0.05, 0.1) is 30.0 Å². The summed E-state index contributed by atoms with van der Waals surface area (Å²) in [7, 11) is 1.19. The number of aromatic amines is 1. The lowest BCUT2D eigenvalue weighted by Gasteiger charge is -2.24. The number of amidine groups is 1. The number of hydrogen-bond acceptors (Lipinski definition) is 5. The van der Waals surface area contributed by atoms with Crippen LogP contribution in [0, 0.1) is 11.6 Å². The third-order valence-electron chi connectivity index (χ3n) is 4.85. The number of aliphatic imine (C=N–C) groups is 1. The second kappa shape index (κ2) is 7.95. The Hall–Kier alpha value is -3.53. The molecular formula is C20H16ClF2N5O3. The molecule has 1 aliphatic heterocycles. The summed E-state index contributed by atoms with van der Waals surface area (Å²) < 4.78 is 34.4. The molecule has 2 atom stereocenters. The van der Waals surface area contributed by atoms with Crippen molar-refractivity contribution in [3.8, 4) is 0 Å². The van der Waals surface area contributed by atoms with Crippen LogP contribution >= 0.6 is 11.6 Å². The van der Waals surface area contributed by atoms with Gasteiger partial charge in [0.2, 0.25) is 0 Å². The number of nitrogens with one attached hydrogen (secondary N) is 2. The number of esters is 1. The Morgan fingerprint density at radius 2 is 2.00 bits per heavy atom. The van der Waals surface area contributed by atoms with E-state index in [1.54, 1.807) is 18.2 Å². The zero-order valence-corrected chi connectivity index (χ0v) is 17.1. The number of imidazole rings is 1. The van der Waals surface area contributed by atoms with Gasteiger partial charge in [-0.15, -0.1) is 0 Å². The van der Waals surface area contributed by atoms with E-state index in [-0.39, 0.29) is 10.9 Å². The number of rotatable bonds is 4. The first-order chi connectivity index (χ1) is 14.8. The van der Waals surface area contributed by atoms with E-state index in [1.807, 2.05) is 0 Å². The number of carbonyl (C=O) groups is 2. The molecule has 2 unspecified atom stereocenters. The first-order valence-electron chi connectivity index (χ1n) is 9.13. The number of methoxy groups -OCH3 is 1. The van der Waals surface area contributed by atoms with Crippen molar-refractivity contribution >= 4 is 46.2 Å². The molecule has 2 N–H and O–H groups in total. The van der Waals surface area contributed by atoms with E-state index >= 15 is 0 Å². The number of hydrogen-bond donors (Lipinski definition) is 2. The summed E-state index contributed by atoms with van der Waals surface area (Å²) in [4.78, 5) is 37.1. The largest absolute Gasteiger partial charge is 0.467 e. The number of nitrogens with zero attached hydrogens (tertiary/aromatic N) is 3. The highest BCUT2D eigenvalue weighted by Crippen LogP contribution is 2.36. The predicted molar refractivity (Wildman–Crippen MR) is 110 cm³/mol. The molecule has 8 nitrogen and oxygen atoms in total. The van der Waals surface area contributed by atoms with Gasteiger partial charge in [-0.2, -0.15) is 0 Å². The van der Waals surface area contributed by atoms with Gasteiger partial charge in [-0.05, 0) is 37.3 Å². The number of amides is 2. The van der Waals surface area contributed by atoms with Gasteiger partial charge in [0.1, 0.15) is 29.6 Å². The third-order valence-corrected chi connectivity index (χ3v) is 5.06. The monoisotopic (exact) mass is 447 g/mol. The van der Waals surface area contributed by atoms with Gasteiger partial charge in [-0.25, -0.2) is 23.4 Å². The van der Waals surface area contributed by atoms with Crippen LogP contribution in [0.1, 0.15) is 18.5 Å². The van der Waals surface area contributed by atoms with Gasteiger partial charge >= 0.3 is 12.0 Å². The molecule has 4 rings (SSSR count). The Labute approximate surface area is 179 Å². The molecular weight excluding hydrogens is 432 g/mol. The SMILES string of the molecule is COC(=O)C(C)N=C1NC(=O)N(c2ccc3nc[nH]c3c2)C1c1c(F)cc(Cl)cc1F. The summed E-state index contributed by atoms with van der Waals surface area (Å²) in [6, 6.07) is 3.76. The Bertz CT molecular complexity index is 1210. The molecule has 0 aliphatic carbocycles. The molecule has 0 saturated carbocycles. The number of anilines is 1. The van der Waals surface area contributed by atoms with Gasteiger partial charge in [0.15, 0.2) is 0 Å². The van der Waals surface area contributed by atoms with E-state index < -0.39 is 41.3 Å². The molecule has 1 saturated heterocycles. The number of carbonyl (C=O) groups excluding carboxylic acids is 2. The first kappa shape index (κ1) is 20.7. The normalized spacial score (nSPS) is 18.5. The van der Waals surface area contributed by atoms with Crippen molar-refractivity contribution in [3.63, 3.8) is 0 Å². The van der Waals surface area contributed by atoms with E-state index in [4.69, 9.17) is 11.6 Å². The van der Waals surface area contributed by atoms with Crippen LogP contribution in [0.5, 0.6) is 0 Å². The molecule has 1 fully saturated rings. The molecule has 3 aromatic rings. The van der Waals surface area contributed by atoms with Crippen LogP contribution in [-0.4, -0.2) is 41.0 Å². The highest BCUT2D eigenvalue weighted by molar-refractivity contribution is 6.30. The number of halogens is 3. The number of fused-ring (bicyclic) bond motifs is 1. The smallest absolute Gasteiger partial charge is 0.330 e. The highest BCUT2D eigenvalue weighted by Gasteiger charge is 2.42. The molecule has 2 aromatic carbocycles. The van der Waals surface area contributed by atoms with Crippen LogP contribution in [0.15, 0.2) is 41.7 Å². The van der Waals surface area contributed by atoms with Gasteiger partial charge in [-0.3, -0.25) is 15.2 Å². The summed E-state index contributed by atoms with van der Waals surface area (Å²) in [6.07, 6.45) is 1.49. The minimum atomic E-state index is -1.31. The molecule has 11 heteroatoms. The summed E-state index contributed by atoms with van der Waals surface area (Å²) in [5.41, 5.74) is 1.17. The van der Waals surface area contributed by atoms with Gasteiger partial charge in [0, 0.05) is 10.7 Å². The molecule has 160 valence electrons. The van der Waals surface area contributed by atoms with Crippen LogP contribution in [0.2, 0.25) is 5.02 Å². The average molecular weight is 448 g/mol. The van der Waals surface area contributed by atoms with Crippen LogP contribution in [0.25, 0.3) is 11.0 Å². The Kier molecular flexibility index (Phi) is 5.32. The predicted octanol–water partition coefficient (Wildman–Crippen LogP) is 3.73. The number of urea groups is 1. The first-order valence-corrected chi connectivity index (χ1v) is 9.51. The molecule has 31 heavy (non-hydrogen) atoms. The van der Waals surface area contributed by atoms with Crippen molar-refractivity contribution in [1.82, 2.24) is 15.3 Å². The summed E-state index contributed by atoms with van der Waals surface area (Å²) in [6.45, 7) is 1.44. The van der Waals surface area contributed by atoms with E-state index in [0.29, 0.717) is 16.7 Å². The number of benzene rings is 2. The summed E-state index contributed by atoms with van der Waals surface area (Å²) in [5, 5.41) is 2.37. The van der Waals surface area contributed by atoms with Crippen molar-refractivity contribution in [2.75, 3.05) is 12.0 Å². The standard InChI is InChI=1S/C20H16ClF2N5O3/c1-9(19(29)31-2)26-18-17(16-12(22)5-10(21)6-13(16)23)28(20(30)27-18)11-3-4-14-15(7-11)25-8-24-14/h3-9,17H,1-2H3,(H,24,25)(H,26,27,30). The minimum Gasteiger partial charge on any atom is -0.467 e. The fourth-order valence-electron chi connectivity index (χ4n) is 3.43. The molecule has 0 bridgehead atoms. The number of H-pyrrole nitrogens is 1. The van der Waals surface area contributed by atoms with Crippen molar-refractivity contribution in [2.45, 2.75) is 19.0 Å². The van der Waals surface area contributed by atoms with Crippen LogP contribution in [-0.2, 0) is 9.53 Å². The van der Waals surface area contributed by atoms with Crippen molar-refractivity contribution in [2.24, 2.45) is 4.99 Å². The van der Waals surface area contributed by atoms with E-state index in [9.17, 15) is 18.4 Å². The third kappa shape index (κ3) is 3.70. The average Bonchev–Trinajstić information content (AvgIpc) is 3.30. The summed E-state index contributed by atoms with van der Waals surface area (Å²) >= 11 is 5.77.